The molecule has 4 nitrogen and oxygen atoms in total. The van der Waals surface area contributed by atoms with E-state index in [2.05, 4.69) is 33.5 Å². The number of aromatic amines is 1. The van der Waals surface area contributed by atoms with Gasteiger partial charge in [-0.05, 0) is 42.4 Å². The molecule has 1 aromatic carbocycles. The Morgan fingerprint density at radius 2 is 2.19 bits per heavy atom. The van der Waals surface area contributed by atoms with Crippen LogP contribution in [0.2, 0.25) is 0 Å². The first-order chi connectivity index (χ1) is 10.3. The van der Waals surface area contributed by atoms with Crippen molar-refractivity contribution in [2.24, 2.45) is 0 Å². The first-order valence-corrected chi connectivity index (χ1v) is 7.67. The number of hydrogen-bond acceptors (Lipinski definition) is 2. The van der Waals surface area contributed by atoms with E-state index in [9.17, 15) is 4.79 Å². The fraction of sp³-hybridized carbons (Fsp3) is 0.412. The van der Waals surface area contributed by atoms with Crippen molar-refractivity contribution in [2.75, 3.05) is 6.54 Å². The summed E-state index contributed by atoms with van der Waals surface area (Å²) in [5.41, 5.74) is 4.01. The number of benzene rings is 1. The van der Waals surface area contributed by atoms with Crippen LogP contribution in [0.5, 0.6) is 0 Å². The van der Waals surface area contributed by atoms with E-state index < -0.39 is 0 Å². The fourth-order valence-corrected chi connectivity index (χ4v) is 2.90. The second kappa shape index (κ2) is 6.57. The number of nitrogens with zero attached hydrogens (tertiary/aromatic N) is 1. The zero-order valence-corrected chi connectivity index (χ0v) is 12.2. The van der Waals surface area contributed by atoms with Crippen molar-refractivity contribution in [3.05, 3.63) is 53.1 Å². The number of hydrogen-bond donors (Lipinski definition) is 2. The number of fused-ring (bicyclic) bond motifs is 1. The Bertz CT molecular complexity index is 605. The van der Waals surface area contributed by atoms with Gasteiger partial charge in [-0.1, -0.05) is 18.2 Å². The third-order valence-corrected chi connectivity index (χ3v) is 3.99. The molecular weight excluding hydrogens is 262 g/mol. The van der Waals surface area contributed by atoms with Crippen LogP contribution in [-0.4, -0.2) is 22.4 Å². The van der Waals surface area contributed by atoms with Gasteiger partial charge < -0.3 is 10.3 Å². The van der Waals surface area contributed by atoms with Gasteiger partial charge >= 0.3 is 0 Å². The van der Waals surface area contributed by atoms with E-state index in [1.165, 1.54) is 24.0 Å². The minimum absolute atomic E-state index is 0.104. The molecule has 0 aliphatic heterocycles. The molecule has 0 saturated heterocycles. The second-order valence-electron chi connectivity index (χ2n) is 5.62. The lowest BCUT2D eigenvalue weighted by atomic mass is 10.0. The molecule has 1 amide bonds. The Morgan fingerprint density at radius 1 is 1.29 bits per heavy atom. The van der Waals surface area contributed by atoms with E-state index in [1.54, 1.807) is 6.20 Å². The van der Waals surface area contributed by atoms with E-state index in [4.69, 9.17) is 0 Å². The summed E-state index contributed by atoms with van der Waals surface area (Å²) in [5, 5.41) is 2.98. The van der Waals surface area contributed by atoms with Crippen LogP contribution in [0.1, 0.15) is 35.4 Å². The normalized spacial score (nSPS) is 13.1. The van der Waals surface area contributed by atoms with Gasteiger partial charge in [0.05, 0.1) is 6.42 Å². The minimum atomic E-state index is 0.104. The smallest absolute Gasteiger partial charge is 0.224 e. The van der Waals surface area contributed by atoms with Crippen LogP contribution in [-0.2, 0) is 30.5 Å². The standard InChI is InChI=1S/C17H21N3O/c21-17(20-8-2-5-16-18-9-10-19-16)12-13-6-7-14-3-1-4-15(14)11-13/h6-7,9-11H,1-5,8,12H2,(H,18,19)(H,20,21). The summed E-state index contributed by atoms with van der Waals surface area (Å²) in [6, 6.07) is 6.47. The molecule has 1 heterocycles. The maximum absolute atomic E-state index is 11.9. The highest BCUT2D eigenvalue weighted by molar-refractivity contribution is 5.78. The molecule has 0 fully saturated rings. The van der Waals surface area contributed by atoms with Crippen molar-refractivity contribution in [2.45, 2.75) is 38.5 Å². The third-order valence-electron chi connectivity index (χ3n) is 3.99. The molecule has 21 heavy (non-hydrogen) atoms. The van der Waals surface area contributed by atoms with Gasteiger partial charge in [-0.25, -0.2) is 4.98 Å². The van der Waals surface area contributed by atoms with Crippen molar-refractivity contribution in [3.8, 4) is 0 Å². The summed E-state index contributed by atoms with van der Waals surface area (Å²) in [6.45, 7) is 0.699. The van der Waals surface area contributed by atoms with Crippen molar-refractivity contribution in [3.63, 3.8) is 0 Å². The van der Waals surface area contributed by atoms with E-state index in [0.29, 0.717) is 13.0 Å². The number of H-pyrrole nitrogens is 1. The number of rotatable bonds is 6. The number of amides is 1. The molecule has 110 valence electrons. The molecule has 0 bridgehead atoms. The average molecular weight is 283 g/mol. The van der Waals surface area contributed by atoms with Crippen LogP contribution in [0.25, 0.3) is 0 Å². The molecule has 1 aliphatic rings. The summed E-state index contributed by atoms with van der Waals surface area (Å²) in [6.07, 6.45) is 9.42. The largest absolute Gasteiger partial charge is 0.356 e. The lowest BCUT2D eigenvalue weighted by molar-refractivity contribution is -0.120. The quantitative estimate of drug-likeness (QED) is 0.798. The van der Waals surface area contributed by atoms with Crippen molar-refractivity contribution >= 4 is 5.91 Å². The Labute approximate surface area is 125 Å². The van der Waals surface area contributed by atoms with Crippen LogP contribution in [0.4, 0.5) is 0 Å². The molecule has 2 N–H and O–H groups in total. The topological polar surface area (TPSA) is 57.8 Å². The lowest BCUT2D eigenvalue weighted by Gasteiger charge is -2.06. The zero-order chi connectivity index (χ0) is 14.5. The average Bonchev–Trinajstić information content (AvgIpc) is 3.14. The van der Waals surface area contributed by atoms with E-state index in [-0.39, 0.29) is 5.91 Å². The summed E-state index contributed by atoms with van der Waals surface area (Å²) < 4.78 is 0. The molecule has 4 heteroatoms. The molecule has 3 rings (SSSR count). The monoisotopic (exact) mass is 283 g/mol. The Hall–Kier alpha value is -2.10. The molecule has 2 aromatic rings. The highest BCUT2D eigenvalue weighted by Gasteiger charge is 2.12. The van der Waals surface area contributed by atoms with Crippen LogP contribution >= 0.6 is 0 Å². The van der Waals surface area contributed by atoms with Crippen LogP contribution in [0.15, 0.2) is 30.6 Å². The van der Waals surface area contributed by atoms with Crippen LogP contribution < -0.4 is 5.32 Å². The molecular formula is C17H21N3O. The maximum atomic E-state index is 11.9. The number of carbonyl (C=O) groups is 1. The summed E-state index contributed by atoms with van der Waals surface area (Å²) in [5.74, 6) is 1.08. The Balaban J connectivity index is 1.41. The van der Waals surface area contributed by atoms with E-state index >= 15 is 0 Å². The first-order valence-electron chi connectivity index (χ1n) is 7.67. The highest BCUT2D eigenvalue weighted by atomic mass is 16.1. The molecule has 1 aliphatic carbocycles. The van der Waals surface area contributed by atoms with Gasteiger partial charge in [0.15, 0.2) is 0 Å². The zero-order valence-electron chi connectivity index (χ0n) is 12.2. The maximum Gasteiger partial charge on any atom is 0.224 e. The second-order valence-corrected chi connectivity index (χ2v) is 5.62. The number of imidazole rings is 1. The summed E-state index contributed by atoms with van der Waals surface area (Å²) in [7, 11) is 0. The SMILES string of the molecule is O=C(Cc1ccc2c(c1)CCC2)NCCCc1ncc[nH]1. The van der Waals surface area contributed by atoms with E-state index in [1.807, 2.05) is 6.20 Å². The minimum Gasteiger partial charge on any atom is -0.356 e. The molecule has 0 saturated carbocycles. The Kier molecular flexibility index (Phi) is 4.34. The molecule has 0 unspecified atom stereocenters. The van der Waals surface area contributed by atoms with Gasteiger partial charge in [0.25, 0.3) is 0 Å². The van der Waals surface area contributed by atoms with Crippen molar-refractivity contribution in [1.29, 1.82) is 0 Å². The van der Waals surface area contributed by atoms with E-state index in [0.717, 1.165) is 30.7 Å². The fourth-order valence-electron chi connectivity index (χ4n) is 2.90. The van der Waals surface area contributed by atoms with Crippen LogP contribution in [0.3, 0.4) is 0 Å². The van der Waals surface area contributed by atoms with Crippen molar-refractivity contribution < 1.29 is 4.79 Å². The van der Waals surface area contributed by atoms with Gasteiger partial charge in [-0.3, -0.25) is 4.79 Å². The molecule has 1 aromatic heterocycles. The molecule has 0 spiro atoms. The number of nitrogens with one attached hydrogen (secondary N) is 2. The number of aryl methyl sites for hydroxylation is 3. The van der Waals surface area contributed by atoms with Gasteiger partial charge in [-0.15, -0.1) is 0 Å². The molecule has 0 atom stereocenters. The van der Waals surface area contributed by atoms with Gasteiger partial charge in [0.1, 0.15) is 5.82 Å². The predicted molar refractivity (Wildman–Crippen MR) is 82.1 cm³/mol. The van der Waals surface area contributed by atoms with Gasteiger partial charge in [0.2, 0.25) is 5.91 Å². The summed E-state index contributed by atoms with van der Waals surface area (Å²) in [4.78, 5) is 19.2. The molecule has 0 radical (unpaired) electrons. The van der Waals surface area contributed by atoms with Crippen LogP contribution in [0, 0.1) is 0 Å². The lowest BCUT2D eigenvalue weighted by Crippen LogP contribution is -2.26. The summed E-state index contributed by atoms with van der Waals surface area (Å²) >= 11 is 0. The first kappa shape index (κ1) is 13.9. The van der Waals surface area contributed by atoms with Gasteiger partial charge in [-0.2, -0.15) is 0 Å². The number of aromatic nitrogens is 2. The third kappa shape index (κ3) is 3.72. The predicted octanol–water partition coefficient (Wildman–Crippen LogP) is 2.19. The van der Waals surface area contributed by atoms with Gasteiger partial charge in [0, 0.05) is 25.4 Å². The van der Waals surface area contributed by atoms with Crippen molar-refractivity contribution in [1.82, 2.24) is 15.3 Å². The highest BCUT2D eigenvalue weighted by Crippen LogP contribution is 2.22. The Morgan fingerprint density at radius 3 is 3.05 bits per heavy atom. The number of carbonyl (C=O) groups excluding carboxylic acids is 1.